The molecule has 114 valence electrons. The number of benzene rings is 1. The van der Waals surface area contributed by atoms with Crippen LogP contribution in [0.2, 0.25) is 0 Å². The number of carbonyl (C=O) groups excluding carboxylic acids is 1. The minimum absolute atomic E-state index is 0.0692. The summed E-state index contributed by atoms with van der Waals surface area (Å²) >= 11 is 0. The summed E-state index contributed by atoms with van der Waals surface area (Å²) in [5, 5.41) is 8.82. The van der Waals surface area contributed by atoms with Crippen molar-refractivity contribution < 1.29 is 19.1 Å². The highest BCUT2D eigenvalue weighted by Gasteiger charge is 2.29. The van der Waals surface area contributed by atoms with E-state index in [1.54, 1.807) is 11.9 Å². The van der Waals surface area contributed by atoms with E-state index >= 15 is 0 Å². The lowest BCUT2D eigenvalue weighted by molar-refractivity contribution is 0.0621. The monoisotopic (exact) mass is 293 g/mol. The molecule has 0 aromatic heterocycles. The van der Waals surface area contributed by atoms with E-state index in [2.05, 4.69) is 6.92 Å². The first-order chi connectivity index (χ1) is 9.91. The second-order valence-electron chi connectivity index (χ2n) is 5.74. The molecule has 1 aliphatic rings. The molecule has 21 heavy (non-hydrogen) atoms. The second-order valence-corrected chi connectivity index (χ2v) is 5.74. The van der Waals surface area contributed by atoms with Crippen molar-refractivity contribution >= 4 is 11.9 Å². The predicted molar refractivity (Wildman–Crippen MR) is 76.9 cm³/mol. The molecule has 1 N–H and O–H groups in total. The average molecular weight is 293 g/mol. The lowest BCUT2D eigenvalue weighted by atomic mass is 9.85. The fourth-order valence-corrected chi connectivity index (χ4v) is 3.03. The molecule has 1 aromatic rings. The van der Waals surface area contributed by atoms with Gasteiger partial charge in [0.05, 0.1) is 11.1 Å². The van der Waals surface area contributed by atoms with E-state index in [0.29, 0.717) is 5.92 Å². The van der Waals surface area contributed by atoms with Crippen LogP contribution < -0.4 is 0 Å². The summed E-state index contributed by atoms with van der Waals surface area (Å²) in [4.78, 5) is 24.8. The van der Waals surface area contributed by atoms with Crippen molar-refractivity contribution in [3.63, 3.8) is 0 Å². The standard InChI is InChI=1S/C16H20FNO3/c1-10-5-3-4-6-14(10)18(2)15(19)12-8-7-11(16(20)21)9-13(12)17/h7-10,14H,3-6H2,1-2H3,(H,20,21). The fourth-order valence-electron chi connectivity index (χ4n) is 3.03. The Morgan fingerprint density at radius 1 is 1.29 bits per heavy atom. The van der Waals surface area contributed by atoms with Gasteiger partial charge in [0.2, 0.25) is 0 Å². The van der Waals surface area contributed by atoms with Gasteiger partial charge in [0, 0.05) is 13.1 Å². The Labute approximate surface area is 123 Å². The molecule has 0 saturated heterocycles. The van der Waals surface area contributed by atoms with Crippen LogP contribution in [0.1, 0.15) is 53.3 Å². The smallest absolute Gasteiger partial charge is 0.335 e. The van der Waals surface area contributed by atoms with Gasteiger partial charge in [0.1, 0.15) is 5.82 Å². The molecule has 1 aliphatic carbocycles. The second kappa shape index (κ2) is 6.24. The number of carbonyl (C=O) groups is 2. The van der Waals surface area contributed by atoms with Crippen molar-refractivity contribution in [3.05, 3.63) is 35.1 Å². The molecular weight excluding hydrogens is 273 g/mol. The highest BCUT2D eigenvalue weighted by molar-refractivity contribution is 5.96. The summed E-state index contributed by atoms with van der Waals surface area (Å²) in [6.07, 6.45) is 4.25. The summed E-state index contributed by atoms with van der Waals surface area (Å²) < 4.78 is 14.0. The van der Waals surface area contributed by atoms with E-state index in [9.17, 15) is 14.0 Å². The zero-order valence-electron chi connectivity index (χ0n) is 12.3. The van der Waals surface area contributed by atoms with Gasteiger partial charge in [-0.3, -0.25) is 4.79 Å². The topological polar surface area (TPSA) is 57.6 Å². The number of aromatic carboxylic acids is 1. The lowest BCUT2D eigenvalue weighted by Crippen LogP contribution is -2.42. The molecule has 0 spiro atoms. The van der Waals surface area contributed by atoms with Crippen molar-refractivity contribution in [2.24, 2.45) is 5.92 Å². The molecule has 0 radical (unpaired) electrons. The molecule has 1 fully saturated rings. The van der Waals surface area contributed by atoms with E-state index < -0.39 is 11.8 Å². The van der Waals surface area contributed by atoms with Gasteiger partial charge in [-0.2, -0.15) is 0 Å². The number of carboxylic acid groups (broad SMARTS) is 1. The van der Waals surface area contributed by atoms with Crippen LogP contribution in [-0.2, 0) is 0 Å². The van der Waals surface area contributed by atoms with E-state index in [0.717, 1.165) is 25.3 Å². The maximum atomic E-state index is 14.0. The number of hydrogen-bond donors (Lipinski definition) is 1. The van der Waals surface area contributed by atoms with Gasteiger partial charge in [-0.1, -0.05) is 19.8 Å². The van der Waals surface area contributed by atoms with Gasteiger partial charge < -0.3 is 10.0 Å². The van der Waals surface area contributed by atoms with E-state index in [4.69, 9.17) is 5.11 Å². The highest BCUT2D eigenvalue weighted by Crippen LogP contribution is 2.28. The third-order valence-corrected chi connectivity index (χ3v) is 4.33. The average Bonchev–Trinajstić information content (AvgIpc) is 2.46. The molecule has 0 heterocycles. The van der Waals surface area contributed by atoms with Gasteiger partial charge in [0.25, 0.3) is 5.91 Å². The Hall–Kier alpha value is -1.91. The first-order valence-corrected chi connectivity index (χ1v) is 7.22. The maximum Gasteiger partial charge on any atom is 0.335 e. The first kappa shape index (κ1) is 15.5. The third kappa shape index (κ3) is 3.23. The largest absolute Gasteiger partial charge is 0.478 e. The highest BCUT2D eigenvalue weighted by atomic mass is 19.1. The van der Waals surface area contributed by atoms with Crippen LogP contribution in [0.3, 0.4) is 0 Å². The van der Waals surface area contributed by atoms with Gasteiger partial charge in [-0.25, -0.2) is 9.18 Å². The minimum Gasteiger partial charge on any atom is -0.478 e. The quantitative estimate of drug-likeness (QED) is 0.931. The summed E-state index contributed by atoms with van der Waals surface area (Å²) in [5.74, 6) is -1.98. The van der Waals surface area contributed by atoms with Crippen LogP contribution in [-0.4, -0.2) is 35.0 Å². The molecule has 2 unspecified atom stereocenters. The molecule has 1 amide bonds. The van der Waals surface area contributed by atoms with E-state index in [-0.39, 0.29) is 23.1 Å². The Morgan fingerprint density at radius 2 is 1.95 bits per heavy atom. The van der Waals surface area contributed by atoms with Gasteiger partial charge in [-0.05, 0) is 37.0 Å². The van der Waals surface area contributed by atoms with Crippen LogP contribution in [0.25, 0.3) is 0 Å². The minimum atomic E-state index is -1.21. The number of halogens is 1. The number of hydrogen-bond acceptors (Lipinski definition) is 2. The van der Waals surface area contributed by atoms with E-state index in [1.165, 1.54) is 18.6 Å². The predicted octanol–water partition coefficient (Wildman–Crippen LogP) is 3.17. The Bertz CT molecular complexity index is 558. The summed E-state index contributed by atoms with van der Waals surface area (Å²) in [7, 11) is 1.69. The molecule has 0 bridgehead atoms. The third-order valence-electron chi connectivity index (χ3n) is 4.33. The van der Waals surface area contributed by atoms with Gasteiger partial charge in [-0.15, -0.1) is 0 Å². The Morgan fingerprint density at radius 3 is 2.52 bits per heavy atom. The molecule has 1 saturated carbocycles. The first-order valence-electron chi connectivity index (χ1n) is 7.22. The van der Waals surface area contributed by atoms with E-state index in [1.807, 2.05) is 0 Å². The normalized spacial score (nSPS) is 21.9. The van der Waals surface area contributed by atoms with Crippen LogP contribution in [0.4, 0.5) is 4.39 Å². The molecule has 0 aliphatic heterocycles. The Kier molecular flexibility index (Phi) is 4.60. The zero-order valence-corrected chi connectivity index (χ0v) is 12.3. The number of amides is 1. The number of nitrogens with zero attached hydrogens (tertiary/aromatic N) is 1. The van der Waals surface area contributed by atoms with Gasteiger partial charge >= 0.3 is 5.97 Å². The molecule has 4 nitrogen and oxygen atoms in total. The molecule has 2 rings (SSSR count). The fraction of sp³-hybridized carbons (Fsp3) is 0.500. The van der Waals surface area contributed by atoms with Gasteiger partial charge in [0.15, 0.2) is 0 Å². The maximum absolute atomic E-state index is 14.0. The summed E-state index contributed by atoms with van der Waals surface area (Å²) in [5.41, 5.74) is -0.224. The number of carboxylic acids is 1. The van der Waals surface area contributed by atoms with Crippen molar-refractivity contribution in [2.45, 2.75) is 38.6 Å². The Balaban J connectivity index is 2.21. The van der Waals surface area contributed by atoms with Crippen LogP contribution in [0.5, 0.6) is 0 Å². The molecule has 1 aromatic carbocycles. The zero-order chi connectivity index (χ0) is 15.6. The van der Waals surface area contributed by atoms with Crippen LogP contribution in [0, 0.1) is 11.7 Å². The SMILES string of the molecule is CC1CCCCC1N(C)C(=O)c1ccc(C(=O)O)cc1F. The molecule has 5 heteroatoms. The lowest BCUT2D eigenvalue weighted by Gasteiger charge is -2.36. The van der Waals surface area contributed by atoms with Crippen LogP contribution in [0.15, 0.2) is 18.2 Å². The van der Waals surface area contributed by atoms with Crippen molar-refractivity contribution in [2.75, 3.05) is 7.05 Å². The van der Waals surface area contributed by atoms with Crippen molar-refractivity contribution in [3.8, 4) is 0 Å². The van der Waals surface area contributed by atoms with Crippen molar-refractivity contribution in [1.82, 2.24) is 4.90 Å². The number of rotatable bonds is 3. The summed E-state index contributed by atoms with van der Waals surface area (Å²) in [6.45, 7) is 2.11. The van der Waals surface area contributed by atoms with Crippen molar-refractivity contribution in [1.29, 1.82) is 0 Å². The van der Waals surface area contributed by atoms with Crippen LogP contribution >= 0.6 is 0 Å². The molecular formula is C16H20FNO3. The summed E-state index contributed by atoms with van der Waals surface area (Å²) in [6, 6.07) is 3.53. The molecule has 2 atom stereocenters.